The fraction of sp³-hybridized carbons (Fsp3) is 0.429. The first kappa shape index (κ1) is 24.2. The van der Waals surface area contributed by atoms with Gasteiger partial charge in [0.25, 0.3) is 5.91 Å². The number of carbonyl (C=O) groups excluding carboxylic acids is 2. The third kappa shape index (κ3) is 4.53. The van der Waals surface area contributed by atoms with E-state index in [4.69, 9.17) is 14.2 Å². The van der Waals surface area contributed by atoms with Crippen molar-refractivity contribution in [2.75, 3.05) is 51.3 Å². The molecule has 3 aliphatic heterocycles. The molecular formula is C28H33N3O5. The smallest absolute Gasteiger partial charge is 0.267 e. The Morgan fingerprint density at radius 2 is 1.78 bits per heavy atom. The van der Waals surface area contributed by atoms with Crippen molar-refractivity contribution in [3.63, 3.8) is 0 Å². The van der Waals surface area contributed by atoms with Crippen LogP contribution in [-0.4, -0.2) is 79.7 Å². The van der Waals surface area contributed by atoms with Gasteiger partial charge in [-0.1, -0.05) is 18.2 Å². The Morgan fingerprint density at radius 1 is 1.06 bits per heavy atom. The van der Waals surface area contributed by atoms with E-state index in [-0.39, 0.29) is 18.4 Å². The van der Waals surface area contributed by atoms with Gasteiger partial charge in [-0.15, -0.1) is 0 Å². The molecule has 0 radical (unpaired) electrons. The van der Waals surface area contributed by atoms with E-state index in [2.05, 4.69) is 31.7 Å². The number of rotatable bonds is 4. The Labute approximate surface area is 212 Å². The van der Waals surface area contributed by atoms with Crippen molar-refractivity contribution in [1.82, 2.24) is 9.80 Å². The molecule has 0 spiro atoms. The number of hydrogen-bond donors (Lipinski definition) is 0. The molecular weight excluding hydrogens is 458 g/mol. The number of benzene rings is 2. The number of methoxy groups -OCH3 is 1. The number of anilines is 1. The lowest BCUT2D eigenvalue weighted by atomic mass is 9.88. The SMILES string of the molecule is COc1ccc2c(c1)C(C)=CC(C)(C)N2C(=O)CN1CCN(C(=O)C2COc3ccccc3O2)CC1. The summed E-state index contributed by atoms with van der Waals surface area (Å²) in [5.41, 5.74) is 2.58. The summed E-state index contributed by atoms with van der Waals surface area (Å²) in [5, 5.41) is 0. The first-order chi connectivity index (χ1) is 17.3. The molecule has 0 N–H and O–H groups in total. The van der Waals surface area contributed by atoms with Crippen molar-refractivity contribution in [3.05, 3.63) is 54.1 Å². The van der Waals surface area contributed by atoms with Gasteiger partial charge in [0.05, 0.1) is 24.9 Å². The van der Waals surface area contributed by atoms with Gasteiger partial charge in [0, 0.05) is 31.7 Å². The molecule has 2 aromatic carbocycles. The maximum absolute atomic E-state index is 13.6. The second-order valence-electron chi connectivity index (χ2n) is 10.1. The molecule has 1 saturated heterocycles. The minimum Gasteiger partial charge on any atom is -0.497 e. The van der Waals surface area contributed by atoms with E-state index in [0.29, 0.717) is 44.2 Å². The molecule has 2 aromatic rings. The standard InChI is InChI=1S/C28H33N3O5/c1-19-16-28(2,3)31(22-10-9-20(34-4)15-21(19)22)26(32)17-29-11-13-30(14-12-29)27(33)25-18-35-23-7-5-6-8-24(23)36-25/h5-10,15-16,25H,11-14,17-18H2,1-4H3. The van der Waals surface area contributed by atoms with E-state index in [0.717, 1.165) is 22.6 Å². The van der Waals surface area contributed by atoms with Gasteiger partial charge in [0.2, 0.25) is 12.0 Å². The summed E-state index contributed by atoms with van der Waals surface area (Å²) in [6.07, 6.45) is 1.49. The lowest BCUT2D eigenvalue weighted by molar-refractivity contribution is -0.143. The second kappa shape index (κ2) is 9.50. The lowest BCUT2D eigenvalue weighted by Crippen LogP contribution is -2.57. The van der Waals surface area contributed by atoms with Crippen LogP contribution in [0.25, 0.3) is 5.57 Å². The third-order valence-electron chi connectivity index (χ3n) is 7.09. The summed E-state index contributed by atoms with van der Waals surface area (Å²) in [7, 11) is 1.65. The molecule has 0 saturated carbocycles. The molecule has 3 aliphatic rings. The Hall–Kier alpha value is -3.52. The van der Waals surface area contributed by atoms with Gasteiger partial charge < -0.3 is 24.0 Å². The second-order valence-corrected chi connectivity index (χ2v) is 10.1. The summed E-state index contributed by atoms with van der Waals surface area (Å²) >= 11 is 0. The largest absolute Gasteiger partial charge is 0.497 e. The van der Waals surface area contributed by atoms with Gasteiger partial charge >= 0.3 is 0 Å². The van der Waals surface area contributed by atoms with Gasteiger partial charge in [-0.3, -0.25) is 14.5 Å². The zero-order valence-corrected chi connectivity index (χ0v) is 21.3. The van der Waals surface area contributed by atoms with Crippen LogP contribution in [0.15, 0.2) is 48.5 Å². The van der Waals surface area contributed by atoms with Gasteiger partial charge in [-0.2, -0.15) is 0 Å². The minimum atomic E-state index is -0.647. The number of amides is 2. The van der Waals surface area contributed by atoms with E-state index in [9.17, 15) is 9.59 Å². The average Bonchev–Trinajstić information content (AvgIpc) is 2.87. The molecule has 0 aromatic heterocycles. The number of fused-ring (bicyclic) bond motifs is 2. The molecule has 2 amide bonds. The Kier molecular flexibility index (Phi) is 6.38. The molecule has 8 nitrogen and oxygen atoms in total. The van der Waals surface area contributed by atoms with E-state index >= 15 is 0 Å². The number of carbonyl (C=O) groups is 2. The third-order valence-corrected chi connectivity index (χ3v) is 7.09. The van der Waals surface area contributed by atoms with Crippen molar-refractivity contribution in [1.29, 1.82) is 0 Å². The minimum absolute atomic E-state index is 0.0376. The fourth-order valence-corrected chi connectivity index (χ4v) is 5.32. The monoisotopic (exact) mass is 491 g/mol. The molecule has 0 bridgehead atoms. The topological polar surface area (TPSA) is 71.6 Å². The zero-order valence-electron chi connectivity index (χ0n) is 21.3. The summed E-state index contributed by atoms with van der Waals surface area (Å²) < 4.78 is 17.0. The summed E-state index contributed by atoms with van der Waals surface area (Å²) in [6, 6.07) is 13.2. The first-order valence-corrected chi connectivity index (χ1v) is 12.4. The van der Waals surface area contributed by atoms with Crippen LogP contribution < -0.4 is 19.1 Å². The quantitative estimate of drug-likeness (QED) is 0.654. The van der Waals surface area contributed by atoms with Crippen molar-refractivity contribution < 1.29 is 23.8 Å². The van der Waals surface area contributed by atoms with Crippen molar-refractivity contribution in [3.8, 4) is 17.2 Å². The number of piperazine rings is 1. The summed E-state index contributed by atoms with van der Waals surface area (Å²) in [5.74, 6) is 1.99. The Balaban J connectivity index is 1.21. The van der Waals surface area contributed by atoms with Crippen LogP contribution in [0.5, 0.6) is 17.2 Å². The highest BCUT2D eigenvalue weighted by Crippen LogP contribution is 2.40. The molecule has 5 rings (SSSR count). The summed E-state index contributed by atoms with van der Waals surface area (Å²) in [6.45, 7) is 9.02. The number of ether oxygens (including phenoxy) is 3. The van der Waals surface area contributed by atoms with Crippen molar-refractivity contribution >= 4 is 23.1 Å². The number of nitrogens with zero attached hydrogens (tertiary/aromatic N) is 3. The highest BCUT2D eigenvalue weighted by molar-refractivity contribution is 6.01. The Bertz CT molecular complexity index is 1200. The van der Waals surface area contributed by atoms with Crippen LogP contribution in [0, 0.1) is 0 Å². The van der Waals surface area contributed by atoms with Crippen LogP contribution in [0.1, 0.15) is 26.3 Å². The molecule has 1 unspecified atom stereocenters. The van der Waals surface area contributed by atoms with Crippen molar-refractivity contribution in [2.24, 2.45) is 0 Å². The molecule has 8 heteroatoms. The number of allylic oxidation sites excluding steroid dienone is 1. The van der Waals surface area contributed by atoms with Gasteiger partial charge in [-0.25, -0.2) is 0 Å². The number of hydrogen-bond acceptors (Lipinski definition) is 6. The molecule has 0 aliphatic carbocycles. The summed E-state index contributed by atoms with van der Waals surface area (Å²) in [4.78, 5) is 32.5. The Morgan fingerprint density at radius 3 is 2.50 bits per heavy atom. The van der Waals surface area contributed by atoms with Crippen LogP contribution in [0.4, 0.5) is 5.69 Å². The van der Waals surface area contributed by atoms with E-state index in [1.165, 1.54) is 0 Å². The zero-order chi connectivity index (χ0) is 25.4. The van der Waals surface area contributed by atoms with E-state index in [1.54, 1.807) is 12.0 Å². The van der Waals surface area contributed by atoms with E-state index in [1.807, 2.05) is 47.4 Å². The predicted molar refractivity (Wildman–Crippen MR) is 138 cm³/mol. The number of para-hydroxylation sites is 2. The lowest BCUT2D eigenvalue weighted by Gasteiger charge is -2.43. The normalized spacial score (nSPS) is 20.9. The molecule has 1 fully saturated rings. The highest BCUT2D eigenvalue weighted by Gasteiger charge is 2.38. The fourth-order valence-electron chi connectivity index (χ4n) is 5.32. The first-order valence-electron chi connectivity index (χ1n) is 12.4. The highest BCUT2D eigenvalue weighted by atomic mass is 16.6. The van der Waals surface area contributed by atoms with Gasteiger partial charge in [-0.05, 0) is 56.7 Å². The molecule has 3 heterocycles. The average molecular weight is 492 g/mol. The maximum Gasteiger partial charge on any atom is 0.267 e. The van der Waals surface area contributed by atoms with E-state index < -0.39 is 11.6 Å². The molecule has 1 atom stereocenters. The van der Waals surface area contributed by atoms with Crippen LogP contribution >= 0.6 is 0 Å². The van der Waals surface area contributed by atoms with Gasteiger partial charge in [0.1, 0.15) is 12.4 Å². The molecule has 190 valence electrons. The van der Waals surface area contributed by atoms with Gasteiger partial charge in [0.15, 0.2) is 11.5 Å². The van der Waals surface area contributed by atoms with Crippen LogP contribution in [-0.2, 0) is 9.59 Å². The van der Waals surface area contributed by atoms with Crippen LogP contribution in [0.3, 0.4) is 0 Å². The van der Waals surface area contributed by atoms with Crippen molar-refractivity contribution in [2.45, 2.75) is 32.4 Å². The predicted octanol–water partition coefficient (Wildman–Crippen LogP) is 3.21. The maximum atomic E-state index is 13.6. The van der Waals surface area contributed by atoms with Crippen LogP contribution in [0.2, 0.25) is 0 Å². The molecule has 36 heavy (non-hydrogen) atoms.